The van der Waals surface area contributed by atoms with Gasteiger partial charge >= 0.3 is 18.0 Å². The number of nitrogens with one attached hydrogen (secondary N) is 1. The number of hydrogen-bond acceptors (Lipinski definition) is 7. The summed E-state index contributed by atoms with van der Waals surface area (Å²) in [5, 5.41) is 3.18. The van der Waals surface area contributed by atoms with Gasteiger partial charge in [0, 0.05) is 33.0 Å². The number of carbonyl (C=O) groups is 3. The van der Waals surface area contributed by atoms with E-state index >= 15 is 0 Å². The molecule has 2 fully saturated rings. The average molecular weight is 463 g/mol. The predicted octanol–water partition coefficient (Wildman–Crippen LogP) is 3.64. The second-order valence-electron chi connectivity index (χ2n) is 8.35. The zero-order valence-corrected chi connectivity index (χ0v) is 19.4. The van der Waals surface area contributed by atoms with E-state index in [0.29, 0.717) is 19.6 Å². The molecule has 1 amide bonds. The Bertz CT molecular complexity index is 644. The van der Waals surface area contributed by atoms with Crippen LogP contribution in [0.4, 0.5) is 4.79 Å². The predicted molar refractivity (Wildman–Crippen MR) is 123 cm³/mol. The maximum atomic E-state index is 12.0. The largest absolute Gasteiger partial charge is 0.464 e. The third kappa shape index (κ3) is 13.1. The van der Waals surface area contributed by atoms with Gasteiger partial charge in [-0.2, -0.15) is 0 Å². The van der Waals surface area contributed by atoms with Gasteiger partial charge in [-0.1, -0.05) is 31.7 Å². The zero-order chi connectivity index (χ0) is 22.2. The van der Waals surface area contributed by atoms with Gasteiger partial charge in [-0.05, 0) is 33.6 Å². The molecule has 2 aliphatic heterocycles. The number of likely N-dealkylation sites (tertiary alicyclic amines) is 1. The van der Waals surface area contributed by atoms with Crippen molar-refractivity contribution in [2.75, 3.05) is 26.3 Å². The van der Waals surface area contributed by atoms with Crippen LogP contribution in [0.2, 0.25) is 0 Å². The molecule has 0 radical (unpaired) electrons. The molecular formula is C22H39ClN2O6. The van der Waals surface area contributed by atoms with Gasteiger partial charge in [0.1, 0.15) is 18.8 Å². The third-order valence-corrected chi connectivity index (χ3v) is 4.13. The van der Waals surface area contributed by atoms with Crippen molar-refractivity contribution in [2.24, 2.45) is 0 Å². The summed E-state index contributed by atoms with van der Waals surface area (Å²) in [6, 6.07) is 0.114. The SMILES string of the molecule is C.C=C1CN[C@H](COC(C)=O)C1.C=C1C[C@@H](COC(C)=O)N(C(=O)OC(C)(C)C)C1.Cl. The lowest BCUT2D eigenvalue weighted by molar-refractivity contribution is -0.143. The van der Waals surface area contributed by atoms with E-state index in [1.807, 2.05) is 20.8 Å². The molecule has 0 unspecified atom stereocenters. The van der Waals surface area contributed by atoms with Crippen LogP contribution in [0, 0.1) is 0 Å². The summed E-state index contributed by atoms with van der Waals surface area (Å²) in [7, 11) is 0. The smallest absolute Gasteiger partial charge is 0.410 e. The molecule has 0 aromatic carbocycles. The lowest BCUT2D eigenvalue weighted by Gasteiger charge is -2.28. The van der Waals surface area contributed by atoms with Crippen molar-refractivity contribution in [2.45, 2.75) is 72.6 Å². The Morgan fingerprint density at radius 1 is 1.03 bits per heavy atom. The Morgan fingerprint density at radius 2 is 1.58 bits per heavy atom. The molecule has 2 atom stereocenters. The van der Waals surface area contributed by atoms with Crippen LogP contribution in [0.5, 0.6) is 0 Å². The Hall–Kier alpha value is -2.06. The summed E-state index contributed by atoms with van der Waals surface area (Å²) in [5.74, 6) is -0.569. The molecule has 180 valence electrons. The number of nitrogens with zero attached hydrogens (tertiary/aromatic N) is 1. The van der Waals surface area contributed by atoms with E-state index < -0.39 is 11.7 Å². The van der Waals surface area contributed by atoms with E-state index in [0.717, 1.165) is 18.5 Å². The Labute approximate surface area is 192 Å². The molecule has 0 saturated carbocycles. The quantitative estimate of drug-likeness (QED) is 0.387. The third-order valence-electron chi connectivity index (χ3n) is 4.13. The average Bonchev–Trinajstić information content (AvgIpc) is 3.15. The number of hydrogen-bond donors (Lipinski definition) is 1. The Balaban J connectivity index is 0. The molecule has 0 bridgehead atoms. The highest BCUT2D eigenvalue weighted by Gasteiger charge is 2.34. The van der Waals surface area contributed by atoms with E-state index in [1.165, 1.54) is 19.4 Å². The van der Waals surface area contributed by atoms with Crippen LogP contribution in [-0.4, -0.2) is 66.9 Å². The van der Waals surface area contributed by atoms with Crippen molar-refractivity contribution in [3.63, 3.8) is 0 Å². The molecule has 0 spiro atoms. The van der Waals surface area contributed by atoms with Gasteiger partial charge in [0.25, 0.3) is 0 Å². The second-order valence-corrected chi connectivity index (χ2v) is 8.35. The van der Waals surface area contributed by atoms with Crippen LogP contribution in [0.15, 0.2) is 24.3 Å². The van der Waals surface area contributed by atoms with E-state index in [2.05, 4.69) is 18.5 Å². The van der Waals surface area contributed by atoms with Gasteiger partial charge < -0.3 is 19.5 Å². The van der Waals surface area contributed by atoms with Crippen LogP contribution in [-0.2, 0) is 23.8 Å². The minimum absolute atomic E-state index is 0. The summed E-state index contributed by atoms with van der Waals surface area (Å²) >= 11 is 0. The lowest BCUT2D eigenvalue weighted by atomic mass is 10.2. The van der Waals surface area contributed by atoms with Crippen LogP contribution < -0.4 is 5.32 Å². The zero-order valence-electron chi connectivity index (χ0n) is 18.6. The lowest BCUT2D eigenvalue weighted by Crippen LogP contribution is -2.42. The van der Waals surface area contributed by atoms with E-state index in [1.54, 1.807) is 4.90 Å². The van der Waals surface area contributed by atoms with Crippen molar-refractivity contribution in [1.29, 1.82) is 0 Å². The van der Waals surface area contributed by atoms with Gasteiger partial charge in [0.05, 0.1) is 6.04 Å². The molecule has 2 aliphatic rings. The molecule has 0 aromatic heterocycles. The summed E-state index contributed by atoms with van der Waals surface area (Å²) in [6.45, 7) is 17.9. The molecule has 8 nitrogen and oxygen atoms in total. The topological polar surface area (TPSA) is 94.2 Å². The highest BCUT2D eigenvalue weighted by molar-refractivity contribution is 5.85. The van der Waals surface area contributed by atoms with Gasteiger partial charge in [-0.3, -0.25) is 14.5 Å². The Morgan fingerprint density at radius 3 is 2.03 bits per heavy atom. The fraction of sp³-hybridized carbons (Fsp3) is 0.682. The summed E-state index contributed by atoms with van der Waals surface area (Å²) in [6.07, 6.45) is 1.18. The van der Waals surface area contributed by atoms with Crippen LogP contribution in [0.1, 0.15) is 54.9 Å². The Kier molecular flexibility index (Phi) is 14.1. The van der Waals surface area contributed by atoms with E-state index in [-0.39, 0.29) is 50.5 Å². The second kappa shape index (κ2) is 14.1. The van der Waals surface area contributed by atoms with Gasteiger partial charge in [-0.25, -0.2) is 4.79 Å². The monoisotopic (exact) mass is 462 g/mol. The first-order valence-electron chi connectivity index (χ1n) is 9.70. The summed E-state index contributed by atoms with van der Waals surface area (Å²) in [4.78, 5) is 34.8. The number of halogens is 1. The van der Waals surface area contributed by atoms with Crippen molar-refractivity contribution in [1.82, 2.24) is 10.2 Å². The fourth-order valence-electron chi connectivity index (χ4n) is 2.89. The normalized spacial score (nSPS) is 20.0. The minimum Gasteiger partial charge on any atom is -0.464 e. The first-order valence-corrected chi connectivity index (χ1v) is 9.70. The van der Waals surface area contributed by atoms with E-state index in [9.17, 15) is 14.4 Å². The minimum atomic E-state index is -0.535. The molecule has 2 rings (SSSR count). The van der Waals surface area contributed by atoms with Gasteiger partial charge in [0.2, 0.25) is 0 Å². The number of amides is 1. The number of esters is 2. The molecule has 0 aliphatic carbocycles. The van der Waals surface area contributed by atoms with Crippen molar-refractivity contribution in [3.05, 3.63) is 24.3 Å². The van der Waals surface area contributed by atoms with Gasteiger partial charge in [-0.15, -0.1) is 12.4 Å². The molecular weight excluding hydrogens is 424 g/mol. The summed E-state index contributed by atoms with van der Waals surface area (Å²) < 4.78 is 15.1. The molecule has 9 heteroatoms. The maximum Gasteiger partial charge on any atom is 0.410 e. The molecule has 2 heterocycles. The molecule has 2 saturated heterocycles. The van der Waals surface area contributed by atoms with Crippen LogP contribution in [0.25, 0.3) is 0 Å². The standard InChI is InChI=1S/C13H21NO4.C8H13NO2.CH4.ClH/c1-9-6-11(8-17-10(2)15)14(7-9)12(16)18-13(3,4)5;1-6-3-8(9-4-6)5-11-7(2)10;;/h11H,1,6-8H2,2-5H3;8-9H,1,3-5H2,2H3;1H4;1H/t11-;8-;;/m00../s1. The fourth-order valence-corrected chi connectivity index (χ4v) is 2.89. The summed E-state index contributed by atoms with van der Waals surface area (Å²) in [5.41, 5.74) is 1.59. The number of rotatable bonds is 4. The maximum absolute atomic E-state index is 12.0. The van der Waals surface area contributed by atoms with Crippen LogP contribution >= 0.6 is 12.4 Å². The highest BCUT2D eigenvalue weighted by Crippen LogP contribution is 2.24. The van der Waals surface area contributed by atoms with Crippen molar-refractivity contribution < 1.29 is 28.6 Å². The van der Waals surface area contributed by atoms with Gasteiger partial charge in [0.15, 0.2) is 0 Å². The van der Waals surface area contributed by atoms with E-state index in [4.69, 9.17) is 14.2 Å². The first kappa shape index (κ1) is 31.1. The first-order chi connectivity index (χ1) is 13.4. The highest BCUT2D eigenvalue weighted by atomic mass is 35.5. The number of carbonyl (C=O) groups excluding carboxylic acids is 3. The molecule has 0 aromatic rings. The van der Waals surface area contributed by atoms with Crippen molar-refractivity contribution in [3.8, 4) is 0 Å². The molecule has 1 N–H and O–H groups in total. The number of ether oxygens (including phenoxy) is 3. The molecule has 31 heavy (non-hydrogen) atoms. The van der Waals surface area contributed by atoms with Crippen molar-refractivity contribution >= 4 is 30.4 Å². The van der Waals surface area contributed by atoms with Crippen LogP contribution in [0.3, 0.4) is 0 Å².